The summed E-state index contributed by atoms with van der Waals surface area (Å²) in [5.74, 6) is -0.970. The molecule has 0 aliphatic carbocycles. The Bertz CT molecular complexity index is 807. The van der Waals surface area contributed by atoms with Crippen LogP contribution in [0.25, 0.3) is 0 Å². The lowest BCUT2D eigenvalue weighted by molar-refractivity contribution is -0.142. The van der Waals surface area contributed by atoms with Crippen molar-refractivity contribution in [1.29, 1.82) is 0 Å². The third kappa shape index (κ3) is 4.69. The number of rotatable bonds is 5. The summed E-state index contributed by atoms with van der Waals surface area (Å²) in [5.41, 5.74) is 3.02. The second-order valence-electron chi connectivity index (χ2n) is 7.81. The molecule has 3 rings (SSSR count). The fourth-order valence-electron chi connectivity index (χ4n) is 4.14. The zero-order valence-electron chi connectivity index (χ0n) is 17.6. The molecular weight excluding hydrogens is 368 g/mol. The van der Waals surface area contributed by atoms with Gasteiger partial charge in [0, 0.05) is 31.1 Å². The molecule has 6 nitrogen and oxygen atoms in total. The van der Waals surface area contributed by atoms with Gasteiger partial charge in [-0.2, -0.15) is 0 Å². The first-order valence-corrected chi connectivity index (χ1v) is 10.4. The molecule has 2 aliphatic heterocycles. The number of amides is 2. The molecule has 1 fully saturated rings. The molecule has 0 bridgehead atoms. The van der Waals surface area contributed by atoms with Crippen LogP contribution in [0.5, 0.6) is 0 Å². The fraction of sp³-hybridized carbons (Fsp3) is 0.522. The Kier molecular flexibility index (Phi) is 6.72. The maximum absolute atomic E-state index is 13.0. The number of ether oxygens (including phenoxy) is 1. The molecule has 1 unspecified atom stereocenters. The lowest BCUT2D eigenvalue weighted by Gasteiger charge is -2.36. The van der Waals surface area contributed by atoms with Crippen molar-refractivity contribution in [2.24, 2.45) is 0 Å². The average molecular weight is 399 g/mol. The molecule has 1 atom stereocenters. The smallest absolute Gasteiger partial charge is 0.336 e. The number of carbonyl (C=O) groups excluding carboxylic acids is 3. The van der Waals surface area contributed by atoms with Crippen molar-refractivity contribution < 1.29 is 19.1 Å². The first-order valence-electron chi connectivity index (χ1n) is 10.4. The summed E-state index contributed by atoms with van der Waals surface area (Å²) in [4.78, 5) is 41.8. The predicted octanol–water partition coefficient (Wildman–Crippen LogP) is 3.16. The summed E-state index contributed by atoms with van der Waals surface area (Å²) in [5, 5.41) is 0. The van der Waals surface area contributed by atoms with E-state index in [0.717, 1.165) is 43.5 Å². The van der Waals surface area contributed by atoms with Gasteiger partial charge in [0.15, 0.2) is 0 Å². The first kappa shape index (κ1) is 21.1. The van der Waals surface area contributed by atoms with Gasteiger partial charge in [-0.15, -0.1) is 0 Å². The Morgan fingerprint density at radius 1 is 1.07 bits per heavy atom. The van der Waals surface area contributed by atoms with Crippen molar-refractivity contribution in [1.82, 2.24) is 9.80 Å². The second kappa shape index (κ2) is 9.25. The van der Waals surface area contributed by atoms with Gasteiger partial charge in [-0.3, -0.25) is 9.59 Å². The van der Waals surface area contributed by atoms with Crippen molar-refractivity contribution in [3.63, 3.8) is 0 Å². The third-order valence-corrected chi connectivity index (χ3v) is 5.80. The highest BCUT2D eigenvalue weighted by atomic mass is 16.5. The van der Waals surface area contributed by atoms with Crippen LogP contribution in [-0.4, -0.2) is 53.8 Å². The van der Waals surface area contributed by atoms with Gasteiger partial charge in [-0.25, -0.2) is 4.79 Å². The molecule has 1 aromatic rings. The van der Waals surface area contributed by atoms with E-state index in [2.05, 4.69) is 0 Å². The number of allylic oxidation sites excluding steroid dienone is 1. The van der Waals surface area contributed by atoms with Crippen LogP contribution in [0.4, 0.5) is 0 Å². The van der Waals surface area contributed by atoms with Crippen LogP contribution in [0.3, 0.4) is 0 Å². The average Bonchev–Trinajstić information content (AvgIpc) is 2.72. The van der Waals surface area contributed by atoms with E-state index < -0.39 is 5.97 Å². The molecule has 0 spiro atoms. The lowest BCUT2D eigenvalue weighted by atomic mass is 9.83. The van der Waals surface area contributed by atoms with Gasteiger partial charge in [0.05, 0.1) is 12.2 Å². The Morgan fingerprint density at radius 2 is 1.72 bits per heavy atom. The van der Waals surface area contributed by atoms with E-state index in [9.17, 15) is 14.4 Å². The quantitative estimate of drug-likeness (QED) is 0.715. The van der Waals surface area contributed by atoms with Crippen LogP contribution >= 0.6 is 0 Å². The van der Waals surface area contributed by atoms with E-state index >= 15 is 0 Å². The summed E-state index contributed by atoms with van der Waals surface area (Å²) >= 11 is 0. The minimum Gasteiger partial charge on any atom is -0.463 e. The van der Waals surface area contributed by atoms with Gasteiger partial charge < -0.3 is 14.5 Å². The molecule has 0 N–H and O–H groups in total. The maximum atomic E-state index is 13.0. The number of carbonyl (C=O) groups is 3. The van der Waals surface area contributed by atoms with Crippen LogP contribution in [0.1, 0.15) is 56.6 Å². The topological polar surface area (TPSA) is 66.9 Å². The Hall–Kier alpha value is -2.63. The van der Waals surface area contributed by atoms with Crippen LogP contribution in [-0.2, 0) is 19.1 Å². The van der Waals surface area contributed by atoms with E-state index in [1.54, 1.807) is 13.8 Å². The number of hydrogen-bond donors (Lipinski definition) is 0. The molecule has 1 aromatic carbocycles. The van der Waals surface area contributed by atoms with Crippen LogP contribution in [0.15, 0.2) is 35.5 Å². The van der Waals surface area contributed by atoms with Crippen molar-refractivity contribution in [2.75, 3.05) is 26.2 Å². The van der Waals surface area contributed by atoms with Gasteiger partial charge in [0.1, 0.15) is 6.54 Å². The Labute approximate surface area is 172 Å². The van der Waals surface area contributed by atoms with E-state index in [1.165, 1.54) is 4.90 Å². The molecule has 0 aromatic heterocycles. The van der Waals surface area contributed by atoms with Gasteiger partial charge in [-0.05, 0) is 45.6 Å². The number of hydrogen-bond acceptors (Lipinski definition) is 4. The first-order chi connectivity index (χ1) is 13.9. The van der Waals surface area contributed by atoms with Crippen LogP contribution in [0.2, 0.25) is 0 Å². The zero-order chi connectivity index (χ0) is 21.0. The molecule has 1 saturated heterocycles. The summed E-state index contributed by atoms with van der Waals surface area (Å²) in [6.07, 6.45) is 3.29. The largest absolute Gasteiger partial charge is 0.463 e. The highest BCUT2D eigenvalue weighted by molar-refractivity contribution is 5.97. The van der Waals surface area contributed by atoms with Gasteiger partial charge in [0.2, 0.25) is 11.8 Å². The summed E-state index contributed by atoms with van der Waals surface area (Å²) < 4.78 is 5.30. The highest BCUT2D eigenvalue weighted by Gasteiger charge is 2.38. The van der Waals surface area contributed by atoms with Crippen molar-refractivity contribution in [3.05, 3.63) is 46.7 Å². The normalized spacial score (nSPS) is 20.1. The lowest BCUT2D eigenvalue weighted by Crippen LogP contribution is -2.46. The molecule has 156 valence electrons. The molecule has 29 heavy (non-hydrogen) atoms. The summed E-state index contributed by atoms with van der Waals surface area (Å²) in [6.45, 7) is 7.22. The monoisotopic (exact) mass is 398 g/mol. The standard InChI is InChI=1S/C23H30N2O4/c1-4-29-23(28)22-17(3)25(15-21(27)24-12-6-5-7-13-24)20(26)14-19(22)18-10-8-16(2)9-11-18/h8-11,19H,4-7,12-15H2,1-3H3. The van der Waals surface area contributed by atoms with Gasteiger partial charge in [0.25, 0.3) is 0 Å². The van der Waals surface area contributed by atoms with Gasteiger partial charge >= 0.3 is 5.97 Å². The predicted molar refractivity (Wildman–Crippen MR) is 110 cm³/mol. The van der Waals surface area contributed by atoms with Crippen molar-refractivity contribution in [3.8, 4) is 0 Å². The van der Waals surface area contributed by atoms with Crippen molar-refractivity contribution >= 4 is 17.8 Å². The van der Waals surface area contributed by atoms with E-state index in [4.69, 9.17) is 4.74 Å². The number of likely N-dealkylation sites (tertiary alicyclic amines) is 1. The van der Waals surface area contributed by atoms with Crippen LogP contribution < -0.4 is 0 Å². The van der Waals surface area contributed by atoms with E-state index in [-0.39, 0.29) is 37.3 Å². The molecule has 2 amide bonds. The molecule has 6 heteroatoms. The minimum absolute atomic E-state index is 0.0197. The SMILES string of the molecule is CCOC(=O)C1=C(C)N(CC(=O)N2CCCCC2)C(=O)CC1c1ccc(C)cc1. The molecule has 2 heterocycles. The number of esters is 1. The maximum Gasteiger partial charge on any atom is 0.336 e. The van der Waals surface area contributed by atoms with Crippen LogP contribution in [0, 0.1) is 6.92 Å². The number of aryl methyl sites for hydroxylation is 1. The number of piperidine rings is 1. The van der Waals surface area contributed by atoms with Crippen molar-refractivity contribution in [2.45, 2.75) is 52.4 Å². The number of nitrogens with zero attached hydrogens (tertiary/aromatic N) is 2. The Morgan fingerprint density at radius 3 is 2.34 bits per heavy atom. The fourth-order valence-corrected chi connectivity index (χ4v) is 4.14. The summed E-state index contributed by atoms with van der Waals surface area (Å²) in [7, 11) is 0. The number of benzene rings is 1. The third-order valence-electron chi connectivity index (χ3n) is 5.80. The minimum atomic E-state index is -0.418. The molecular formula is C23H30N2O4. The molecule has 0 saturated carbocycles. The molecule has 0 radical (unpaired) electrons. The Balaban J connectivity index is 1.91. The second-order valence-corrected chi connectivity index (χ2v) is 7.81. The summed E-state index contributed by atoms with van der Waals surface area (Å²) in [6, 6.07) is 7.86. The molecule has 2 aliphatic rings. The van der Waals surface area contributed by atoms with E-state index in [0.29, 0.717) is 11.3 Å². The van der Waals surface area contributed by atoms with E-state index in [1.807, 2.05) is 36.1 Å². The highest BCUT2D eigenvalue weighted by Crippen LogP contribution is 2.37. The zero-order valence-corrected chi connectivity index (χ0v) is 17.6. The van der Waals surface area contributed by atoms with Gasteiger partial charge in [-0.1, -0.05) is 29.8 Å².